The summed E-state index contributed by atoms with van der Waals surface area (Å²) in [5.41, 5.74) is 19.6. The molecule has 0 saturated carbocycles. The first-order valence-corrected chi connectivity index (χ1v) is 14.5. The van der Waals surface area contributed by atoms with Gasteiger partial charge in [0.2, 0.25) is 0 Å². The first-order chi connectivity index (χ1) is 18.7. The van der Waals surface area contributed by atoms with Gasteiger partial charge in [-0.25, -0.2) is 0 Å². The smallest absolute Gasteiger partial charge is 0.0473 e. The third kappa shape index (κ3) is 10.1. The number of hydrogen-bond acceptors (Lipinski definition) is 2. The molecule has 0 fully saturated rings. The van der Waals surface area contributed by atoms with E-state index in [1.807, 2.05) is 48.5 Å². The molecule has 38 heavy (non-hydrogen) atoms. The Balaban J connectivity index is 0.000000211. The van der Waals surface area contributed by atoms with Gasteiger partial charge in [-0.2, -0.15) is 0 Å². The zero-order valence-electron chi connectivity index (χ0n) is 23.2. The Hall–Kier alpha value is -3.52. The van der Waals surface area contributed by atoms with Crippen LogP contribution in [0.4, 0.5) is 11.4 Å². The highest BCUT2D eigenvalue weighted by Gasteiger charge is 2.08. The van der Waals surface area contributed by atoms with E-state index in [1.54, 1.807) is 0 Å². The molecule has 0 spiro atoms. The molecule has 4 aromatic carbocycles. The van der Waals surface area contributed by atoms with Crippen LogP contribution in [0, 0.1) is 0 Å². The van der Waals surface area contributed by atoms with Crippen LogP contribution in [0.2, 0.25) is 0 Å². The molecule has 0 atom stereocenters. The van der Waals surface area contributed by atoms with E-state index < -0.39 is 0 Å². The third-order valence-corrected chi connectivity index (χ3v) is 7.07. The highest BCUT2D eigenvalue weighted by molar-refractivity contribution is 5.88. The first kappa shape index (κ1) is 29.0. The summed E-state index contributed by atoms with van der Waals surface area (Å²) in [6.45, 7) is 2.28. The van der Waals surface area contributed by atoms with Crippen molar-refractivity contribution in [1.29, 1.82) is 0 Å². The summed E-state index contributed by atoms with van der Waals surface area (Å²) < 4.78 is 0. The Labute approximate surface area is 231 Å². The van der Waals surface area contributed by atoms with Crippen LogP contribution in [0.25, 0.3) is 22.3 Å². The van der Waals surface area contributed by atoms with Crippen molar-refractivity contribution in [3.63, 3.8) is 0 Å². The molecule has 0 bridgehead atoms. The fourth-order valence-electron chi connectivity index (χ4n) is 4.80. The Morgan fingerprint density at radius 1 is 0.447 bits per heavy atom. The fourth-order valence-corrected chi connectivity index (χ4v) is 4.80. The number of unbranched alkanes of at least 4 members (excludes halogenated alkanes) is 9. The lowest BCUT2D eigenvalue weighted by atomic mass is 9.96. The summed E-state index contributed by atoms with van der Waals surface area (Å²) in [5, 5.41) is 0. The van der Waals surface area contributed by atoms with Gasteiger partial charge in [0.05, 0.1) is 0 Å². The molecule has 0 unspecified atom stereocenters. The van der Waals surface area contributed by atoms with Crippen LogP contribution in [0.3, 0.4) is 0 Å². The van der Waals surface area contributed by atoms with Crippen LogP contribution in [0.15, 0.2) is 103 Å². The van der Waals surface area contributed by atoms with Gasteiger partial charge in [0.1, 0.15) is 0 Å². The summed E-state index contributed by atoms with van der Waals surface area (Å²) in [6, 6.07) is 35.0. The second kappa shape index (κ2) is 17.1. The standard InChI is InChI=1S/C18H15N.C18H31N/c19-18-16(14-8-3-1-4-9-14)12-7-13-17(18)15-10-5-2-6-11-15;1-2-3-4-5-6-7-8-9-10-11-12-17-13-15-18(19)16-14-17/h1-13H,19H2;13-16H,2-12,19H2,1H3. The first-order valence-electron chi connectivity index (χ1n) is 14.5. The molecule has 0 aromatic heterocycles. The molecule has 0 radical (unpaired) electrons. The van der Waals surface area contributed by atoms with Gasteiger partial charge in [-0.3, -0.25) is 0 Å². The quantitative estimate of drug-likeness (QED) is 0.140. The van der Waals surface area contributed by atoms with E-state index >= 15 is 0 Å². The lowest BCUT2D eigenvalue weighted by Crippen LogP contribution is -1.93. The van der Waals surface area contributed by atoms with Gasteiger partial charge in [-0.15, -0.1) is 0 Å². The Morgan fingerprint density at radius 3 is 1.37 bits per heavy atom. The number of benzene rings is 4. The van der Waals surface area contributed by atoms with Crippen molar-refractivity contribution in [2.24, 2.45) is 0 Å². The van der Waals surface area contributed by atoms with Crippen LogP contribution in [0.1, 0.15) is 76.7 Å². The molecule has 200 valence electrons. The molecule has 0 aliphatic heterocycles. The summed E-state index contributed by atoms with van der Waals surface area (Å²) in [4.78, 5) is 0. The van der Waals surface area contributed by atoms with Crippen molar-refractivity contribution in [2.45, 2.75) is 77.6 Å². The van der Waals surface area contributed by atoms with Gasteiger partial charge in [0.15, 0.2) is 0 Å². The van der Waals surface area contributed by atoms with E-state index in [0.717, 1.165) is 33.6 Å². The van der Waals surface area contributed by atoms with Crippen LogP contribution in [0.5, 0.6) is 0 Å². The van der Waals surface area contributed by atoms with E-state index in [-0.39, 0.29) is 0 Å². The lowest BCUT2D eigenvalue weighted by molar-refractivity contribution is 0.556. The van der Waals surface area contributed by atoms with Gasteiger partial charge in [-0.05, 0) is 41.7 Å². The second-order valence-corrected chi connectivity index (χ2v) is 10.2. The second-order valence-electron chi connectivity index (χ2n) is 10.2. The molecule has 0 aliphatic carbocycles. The van der Waals surface area contributed by atoms with Gasteiger partial charge in [-0.1, -0.05) is 156 Å². The van der Waals surface area contributed by atoms with Crippen LogP contribution >= 0.6 is 0 Å². The average Bonchev–Trinajstić information content (AvgIpc) is 2.96. The zero-order valence-corrected chi connectivity index (χ0v) is 23.2. The molecular weight excluding hydrogens is 460 g/mol. The number of rotatable bonds is 13. The summed E-state index contributed by atoms with van der Waals surface area (Å²) in [6.07, 6.45) is 15.3. The molecule has 4 rings (SSSR count). The van der Waals surface area contributed by atoms with E-state index in [4.69, 9.17) is 11.5 Å². The van der Waals surface area contributed by atoms with Crippen molar-refractivity contribution in [1.82, 2.24) is 0 Å². The summed E-state index contributed by atoms with van der Waals surface area (Å²) in [7, 11) is 0. The van der Waals surface area contributed by atoms with E-state index in [1.165, 1.54) is 76.2 Å². The monoisotopic (exact) mass is 506 g/mol. The largest absolute Gasteiger partial charge is 0.399 e. The highest BCUT2D eigenvalue weighted by atomic mass is 14.6. The molecule has 0 saturated heterocycles. The number of para-hydroxylation sites is 1. The van der Waals surface area contributed by atoms with Gasteiger partial charge >= 0.3 is 0 Å². The van der Waals surface area contributed by atoms with Crippen LogP contribution < -0.4 is 11.5 Å². The minimum Gasteiger partial charge on any atom is -0.399 e. The van der Waals surface area contributed by atoms with Crippen molar-refractivity contribution in [2.75, 3.05) is 11.5 Å². The molecule has 4 N–H and O–H groups in total. The van der Waals surface area contributed by atoms with E-state index in [0.29, 0.717) is 0 Å². The number of nitrogens with two attached hydrogens (primary N) is 2. The molecule has 0 aliphatic rings. The van der Waals surface area contributed by atoms with Gasteiger partial charge in [0.25, 0.3) is 0 Å². The van der Waals surface area contributed by atoms with Crippen LogP contribution in [-0.2, 0) is 6.42 Å². The lowest BCUT2D eigenvalue weighted by Gasteiger charge is -2.11. The number of aryl methyl sites for hydroxylation is 1. The van der Waals surface area contributed by atoms with Gasteiger partial charge < -0.3 is 11.5 Å². The maximum atomic E-state index is 6.35. The molecule has 4 aromatic rings. The number of nitrogen functional groups attached to an aromatic ring is 2. The van der Waals surface area contributed by atoms with Crippen molar-refractivity contribution >= 4 is 11.4 Å². The molecule has 2 nitrogen and oxygen atoms in total. The average molecular weight is 507 g/mol. The predicted octanol–water partition coefficient (Wildman–Crippen LogP) is 10.3. The molecular formula is C36H46N2. The van der Waals surface area contributed by atoms with E-state index in [2.05, 4.69) is 61.5 Å². The SMILES string of the molecule is CCCCCCCCCCCCc1ccc(N)cc1.Nc1c(-c2ccccc2)cccc1-c1ccccc1. The minimum atomic E-state index is 0.833. The maximum Gasteiger partial charge on any atom is 0.0473 e. The van der Waals surface area contributed by atoms with Crippen molar-refractivity contribution in [3.8, 4) is 22.3 Å². The summed E-state index contributed by atoms with van der Waals surface area (Å²) in [5.74, 6) is 0. The Morgan fingerprint density at radius 2 is 0.895 bits per heavy atom. The predicted molar refractivity (Wildman–Crippen MR) is 168 cm³/mol. The fraction of sp³-hybridized carbons (Fsp3) is 0.333. The van der Waals surface area contributed by atoms with E-state index in [9.17, 15) is 0 Å². The Bertz CT molecular complexity index is 1090. The summed E-state index contributed by atoms with van der Waals surface area (Å²) >= 11 is 0. The third-order valence-electron chi connectivity index (χ3n) is 7.07. The normalized spacial score (nSPS) is 10.6. The Kier molecular flexibility index (Phi) is 13.1. The molecule has 2 heteroatoms. The highest BCUT2D eigenvalue weighted by Crippen LogP contribution is 2.34. The van der Waals surface area contributed by atoms with Crippen LogP contribution in [-0.4, -0.2) is 0 Å². The number of anilines is 2. The molecule has 0 amide bonds. The topological polar surface area (TPSA) is 52.0 Å². The number of hydrogen-bond donors (Lipinski definition) is 2. The van der Waals surface area contributed by atoms with Crippen molar-refractivity contribution < 1.29 is 0 Å². The maximum absolute atomic E-state index is 6.35. The zero-order chi connectivity index (χ0) is 26.8. The van der Waals surface area contributed by atoms with Gasteiger partial charge in [0, 0.05) is 22.5 Å². The van der Waals surface area contributed by atoms with Crippen molar-refractivity contribution in [3.05, 3.63) is 109 Å². The minimum absolute atomic E-state index is 0.833. The molecule has 0 heterocycles.